The maximum atomic E-state index is 13.1. The number of hydrogen-bond acceptors (Lipinski definition) is 6. The number of aromatic nitrogens is 2. The summed E-state index contributed by atoms with van der Waals surface area (Å²) >= 11 is 0. The summed E-state index contributed by atoms with van der Waals surface area (Å²) in [5.41, 5.74) is -2.19. The fraction of sp³-hybridized carbons (Fsp3) is 0. The minimum absolute atomic E-state index is 0.0569. The summed E-state index contributed by atoms with van der Waals surface area (Å²) in [5, 5.41) is -0.668. The lowest BCUT2D eigenvalue weighted by Crippen LogP contribution is -2.21. The normalized spacial score (nSPS) is 12.8. The molecule has 0 atom stereocenters. The van der Waals surface area contributed by atoms with Gasteiger partial charge in [-0.2, -0.15) is 16.8 Å². The highest BCUT2D eigenvalue weighted by molar-refractivity contribution is 7.84. The topological polar surface area (TPSA) is 153 Å². The molecule has 10 nitrogen and oxygen atoms in total. The smallest absolute Gasteiger partial charge is 0.288 e. The molecule has 0 saturated carbocycles. The van der Waals surface area contributed by atoms with Crippen LogP contribution in [0.1, 0.15) is 0 Å². The molecule has 5 rings (SSSR count). The Morgan fingerprint density at radius 3 is 1.22 bits per heavy atom. The summed E-state index contributed by atoms with van der Waals surface area (Å²) in [7, 11) is -9.87. The van der Waals surface area contributed by atoms with Crippen molar-refractivity contribution in [1.82, 2.24) is 7.94 Å². The summed E-state index contributed by atoms with van der Waals surface area (Å²) < 4.78 is 69.7. The fourth-order valence-corrected chi connectivity index (χ4v) is 5.62. The Morgan fingerprint density at radius 2 is 0.875 bits per heavy atom. The van der Waals surface area contributed by atoms with Gasteiger partial charge < -0.3 is 0 Å². The predicted octanol–water partition coefficient (Wildman–Crippen LogP) is 1.92. The molecule has 0 spiro atoms. The lowest BCUT2D eigenvalue weighted by molar-refractivity contribution is 0.473. The molecule has 2 heterocycles. The van der Waals surface area contributed by atoms with Crippen molar-refractivity contribution >= 4 is 64.2 Å². The van der Waals surface area contributed by atoms with Gasteiger partial charge in [-0.15, -0.1) is 0 Å². The van der Waals surface area contributed by atoms with E-state index in [2.05, 4.69) is 0 Å². The first-order chi connectivity index (χ1) is 15.0. The van der Waals surface area contributed by atoms with Gasteiger partial charge in [-0.25, -0.2) is 7.94 Å². The molecule has 0 aliphatic rings. The number of fused-ring (bicyclic) bond motifs is 4. The zero-order chi connectivity index (χ0) is 23.0. The molecule has 162 valence electrons. The fourth-order valence-electron chi connectivity index (χ4n) is 4.01. The molecular formula is C20H12N2O8S2. The molecule has 0 amide bonds. The van der Waals surface area contributed by atoms with Gasteiger partial charge in [0.1, 0.15) is 0 Å². The molecule has 0 radical (unpaired) electrons. The Morgan fingerprint density at radius 1 is 0.531 bits per heavy atom. The molecule has 0 unspecified atom stereocenters. The molecule has 0 fully saturated rings. The van der Waals surface area contributed by atoms with Crippen LogP contribution in [0.3, 0.4) is 0 Å². The van der Waals surface area contributed by atoms with E-state index in [-0.39, 0.29) is 43.6 Å². The van der Waals surface area contributed by atoms with Crippen LogP contribution in [0.4, 0.5) is 0 Å². The Kier molecular flexibility index (Phi) is 4.11. The van der Waals surface area contributed by atoms with Gasteiger partial charge in [0.2, 0.25) is 0 Å². The van der Waals surface area contributed by atoms with Crippen LogP contribution >= 0.6 is 0 Å². The molecule has 5 aromatic rings. The highest BCUT2D eigenvalue weighted by atomic mass is 32.2. The molecule has 0 aliphatic heterocycles. The van der Waals surface area contributed by atoms with Gasteiger partial charge in [-0.1, -0.05) is 24.3 Å². The van der Waals surface area contributed by atoms with Crippen LogP contribution in [-0.4, -0.2) is 33.9 Å². The third-order valence-electron chi connectivity index (χ3n) is 5.24. The number of benzene rings is 3. The van der Waals surface area contributed by atoms with Crippen molar-refractivity contribution in [2.45, 2.75) is 0 Å². The van der Waals surface area contributed by atoms with E-state index >= 15 is 0 Å². The average Bonchev–Trinajstić information content (AvgIpc) is 2.72. The molecule has 2 aromatic heterocycles. The van der Waals surface area contributed by atoms with Crippen LogP contribution in [0.25, 0.3) is 43.6 Å². The van der Waals surface area contributed by atoms with Gasteiger partial charge in [0.25, 0.3) is 0 Å². The summed E-state index contributed by atoms with van der Waals surface area (Å²) in [6, 6.07) is 13.3. The predicted molar refractivity (Wildman–Crippen MR) is 119 cm³/mol. The van der Waals surface area contributed by atoms with Crippen molar-refractivity contribution in [1.29, 1.82) is 0 Å². The van der Waals surface area contributed by atoms with Crippen molar-refractivity contribution < 1.29 is 25.9 Å². The third-order valence-corrected chi connectivity index (χ3v) is 6.95. The first kappa shape index (κ1) is 20.3. The number of para-hydroxylation sites is 2. The van der Waals surface area contributed by atoms with E-state index in [1.54, 1.807) is 0 Å². The van der Waals surface area contributed by atoms with Crippen LogP contribution in [0, 0.1) is 0 Å². The molecule has 0 saturated heterocycles. The summed E-state index contributed by atoms with van der Waals surface area (Å²) in [6.45, 7) is 0. The average molecular weight is 472 g/mol. The van der Waals surface area contributed by atoms with Crippen LogP contribution in [-0.2, 0) is 20.6 Å². The van der Waals surface area contributed by atoms with E-state index in [1.807, 2.05) is 0 Å². The van der Waals surface area contributed by atoms with Crippen LogP contribution in [0.15, 0.2) is 70.3 Å². The van der Waals surface area contributed by atoms with Gasteiger partial charge >= 0.3 is 20.6 Å². The summed E-state index contributed by atoms with van der Waals surface area (Å²) in [5.74, 6) is 0. The van der Waals surface area contributed by atoms with Crippen LogP contribution < -0.4 is 10.9 Å². The Hall–Kier alpha value is -3.58. The van der Waals surface area contributed by atoms with Crippen molar-refractivity contribution in [2.24, 2.45) is 0 Å². The standard InChI is InChI=1S/C20H12N2O8S2/c23-19-11-5-1-3-7-15(11)21(31(25,26)27)17-10-14-18(9-13(17)19)22(32(28,29)30)16-8-4-2-6-12(16)20(14)24/h1-10H,(H,25,26,27)(H,28,29,30). The highest BCUT2D eigenvalue weighted by Gasteiger charge is 2.23. The van der Waals surface area contributed by atoms with Crippen LogP contribution in [0.2, 0.25) is 0 Å². The quantitative estimate of drug-likeness (QED) is 0.292. The minimum Gasteiger partial charge on any atom is -0.288 e. The molecule has 0 bridgehead atoms. The van der Waals surface area contributed by atoms with E-state index in [0.717, 1.165) is 12.1 Å². The van der Waals surface area contributed by atoms with E-state index in [0.29, 0.717) is 7.94 Å². The maximum Gasteiger partial charge on any atom is 0.364 e. The van der Waals surface area contributed by atoms with E-state index in [9.17, 15) is 35.5 Å². The molecular weight excluding hydrogens is 460 g/mol. The Balaban J connectivity index is 2.21. The highest BCUT2D eigenvalue weighted by Crippen LogP contribution is 2.27. The number of rotatable bonds is 2. The zero-order valence-electron chi connectivity index (χ0n) is 15.8. The SMILES string of the molecule is O=c1c2ccccc2n(S(=O)(=O)O)c2cc3c(=O)c4ccccc4n(S(=O)(=O)O)c3cc12. The number of pyridine rings is 2. The van der Waals surface area contributed by atoms with E-state index in [4.69, 9.17) is 0 Å². The number of nitrogens with zero attached hydrogens (tertiary/aromatic N) is 2. The van der Waals surface area contributed by atoms with Gasteiger partial charge in [-0.3, -0.25) is 18.7 Å². The van der Waals surface area contributed by atoms with Crippen molar-refractivity contribution in [3.05, 3.63) is 81.1 Å². The van der Waals surface area contributed by atoms with Crippen LogP contribution in [0.5, 0.6) is 0 Å². The summed E-state index contributed by atoms with van der Waals surface area (Å²) in [6.07, 6.45) is 0. The van der Waals surface area contributed by atoms with Gasteiger partial charge in [0, 0.05) is 21.5 Å². The molecule has 0 aliphatic carbocycles. The van der Waals surface area contributed by atoms with Gasteiger partial charge in [-0.05, 0) is 36.4 Å². The zero-order valence-corrected chi connectivity index (χ0v) is 17.5. The molecule has 32 heavy (non-hydrogen) atoms. The minimum atomic E-state index is -4.93. The Labute approximate surface area is 179 Å². The van der Waals surface area contributed by atoms with Gasteiger partial charge in [0.15, 0.2) is 10.9 Å². The third kappa shape index (κ3) is 2.78. The summed E-state index contributed by atoms with van der Waals surface area (Å²) in [4.78, 5) is 26.3. The lowest BCUT2D eigenvalue weighted by atomic mass is 10.1. The molecule has 3 aromatic carbocycles. The second-order valence-electron chi connectivity index (χ2n) is 7.06. The maximum absolute atomic E-state index is 13.1. The largest absolute Gasteiger partial charge is 0.364 e. The van der Waals surface area contributed by atoms with Crippen molar-refractivity contribution in [3.8, 4) is 0 Å². The second kappa shape index (κ2) is 6.46. The van der Waals surface area contributed by atoms with Gasteiger partial charge in [0.05, 0.1) is 22.1 Å². The van der Waals surface area contributed by atoms with E-state index in [1.165, 1.54) is 48.5 Å². The first-order valence-electron chi connectivity index (χ1n) is 9.01. The first-order valence-corrected chi connectivity index (χ1v) is 11.8. The van der Waals surface area contributed by atoms with Crippen molar-refractivity contribution in [3.63, 3.8) is 0 Å². The monoisotopic (exact) mass is 472 g/mol. The molecule has 12 heteroatoms. The second-order valence-corrected chi connectivity index (χ2v) is 9.59. The van der Waals surface area contributed by atoms with Crippen molar-refractivity contribution in [2.75, 3.05) is 0 Å². The number of hydrogen-bond donors (Lipinski definition) is 2. The lowest BCUT2D eigenvalue weighted by Gasteiger charge is -2.15. The Bertz CT molecular complexity index is 1830. The van der Waals surface area contributed by atoms with E-state index < -0.39 is 31.5 Å². The molecule has 2 N–H and O–H groups in total.